The number of nitrogens with one attached hydrogen (secondary N) is 1. The van der Waals surface area contributed by atoms with Crippen LogP contribution in [0.2, 0.25) is 0 Å². The summed E-state index contributed by atoms with van der Waals surface area (Å²) in [6, 6.07) is 14.7. The Balaban J connectivity index is 1.96. The van der Waals surface area contributed by atoms with E-state index in [0.717, 1.165) is 0 Å². The molecule has 30 heavy (non-hydrogen) atoms. The summed E-state index contributed by atoms with van der Waals surface area (Å²) in [6.07, 6.45) is 0.572. The number of rotatable bonds is 9. The van der Waals surface area contributed by atoms with Crippen LogP contribution in [0.1, 0.15) is 53.5 Å². The first-order chi connectivity index (χ1) is 14.2. The molecule has 0 aliphatic heterocycles. The Morgan fingerprint density at radius 2 is 1.40 bits per heavy atom. The van der Waals surface area contributed by atoms with E-state index >= 15 is 0 Å². The summed E-state index contributed by atoms with van der Waals surface area (Å²) in [4.78, 5) is 50.5. The number of carbonyl (C=O) groups is 4. The van der Waals surface area contributed by atoms with Crippen LogP contribution < -0.4 is 5.32 Å². The summed E-state index contributed by atoms with van der Waals surface area (Å²) >= 11 is 0. The predicted molar refractivity (Wildman–Crippen MR) is 115 cm³/mol. The molecule has 1 unspecified atom stereocenters. The highest BCUT2D eigenvalue weighted by Gasteiger charge is 2.25. The van der Waals surface area contributed by atoms with Gasteiger partial charge in [-0.15, -0.1) is 0 Å². The average Bonchev–Trinajstić information content (AvgIpc) is 2.75. The fourth-order valence-corrected chi connectivity index (χ4v) is 3.13. The molecule has 2 aromatic rings. The molecular weight excluding hydrogens is 380 g/mol. The molecule has 2 aromatic carbocycles. The van der Waals surface area contributed by atoms with Gasteiger partial charge in [-0.3, -0.25) is 19.2 Å². The predicted octanol–water partition coefficient (Wildman–Crippen LogP) is 3.11. The normalized spacial score (nSPS) is 11.6. The molecule has 1 N–H and O–H groups in total. The zero-order valence-electron chi connectivity index (χ0n) is 17.8. The Hall–Kier alpha value is -3.28. The van der Waals surface area contributed by atoms with Crippen molar-refractivity contribution in [3.8, 4) is 0 Å². The number of hydrogen-bond acceptors (Lipinski definition) is 4. The van der Waals surface area contributed by atoms with E-state index in [1.54, 1.807) is 55.6 Å². The van der Waals surface area contributed by atoms with Gasteiger partial charge in [-0.05, 0) is 31.4 Å². The molecule has 6 nitrogen and oxygen atoms in total. The average molecular weight is 408 g/mol. The Kier molecular flexibility index (Phi) is 8.04. The van der Waals surface area contributed by atoms with Crippen molar-refractivity contribution >= 4 is 23.4 Å². The molecule has 0 radical (unpaired) electrons. The molecule has 0 saturated heterocycles. The Bertz CT molecular complexity index is 905. The third-order valence-electron chi connectivity index (χ3n) is 4.87. The van der Waals surface area contributed by atoms with Crippen molar-refractivity contribution in [2.75, 3.05) is 13.6 Å². The second-order valence-corrected chi connectivity index (χ2v) is 7.72. The van der Waals surface area contributed by atoms with E-state index in [-0.39, 0.29) is 29.9 Å². The van der Waals surface area contributed by atoms with Crippen molar-refractivity contribution in [2.24, 2.45) is 5.92 Å². The number of hydrogen-bond donors (Lipinski definition) is 1. The molecule has 0 aromatic heterocycles. The van der Waals surface area contributed by atoms with Gasteiger partial charge in [0.25, 0.3) is 5.91 Å². The molecule has 158 valence electrons. The Morgan fingerprint density at radius 1 is 0.867 bits per heavy atom. The molecule has 0 fully saturated rings. The quantitative estimate of drug-likeness (QED) is 0.646. The molecule has 1 atom stereocenters. The van der Waals surface area contributed by atoms with Gasteiger partial charge in [-0.1, -0.05) is 56.3 Å². The van der Waals surface area contributed by atoms with E-state index in [1.165, 1.54) is 11.8 Å². The summed E-state index contributed by atoms with van der Waals surface area (Å²) in [7, 11) is 1.58. The number of amides is 2. The molecular formula is C24H28N2O4. The molecule has 0 bridgehead atoms. The van der Waals surface area contributed by atoms with Gasteiger partial charge in [0, 0.05) is 23.7 Å². The molecule has 6 heteroatoms. The van der Waals surface area contributed by atoms with E-state index in [0.29, 0.717) is 23.1 Å². The molecule has 0 aliphatic carbocycles. The van der Waals surface area contributed by atoms with Crippen LogP contribution in [-0.4, -0.2) is 47.9 Å². The van der Waals surface area contributed by atoms with Gasteiger partial charge in [0.15, 0.2) is 11.6 Å². The first kappa shape index (κ1) is 23.0. The van der Waals surface area contributed by atoms with Gasteiger partial charge in [0.2, 0.25) is 5.91 Å². The smallest absolute Gasteiger partial charge is 0.251 e. The van der Waals surface area contributed by atoms with Gasteiger partial charge in [-0.2, -0.15) is 0 Å². The van der Waals surface area contributed by atoms with Crippen molar-refractivity contribution in [1.29, 1.82) is 0 Å². The summed E-state index contributed by atoms with van der Waals surface area (Å²) in [6.45, 7) is 5.24. The van der Waals surface area contributed by atoms with Crippen molar-refractivity contribution in [3.63, 3.8) is 0 Å². The van der Waals surface area contributed by atoms with Crippen LogP contribution in [0.3, 0.4) is 0 Å². The van der Waals surface area contributed by atoms with Gasteiger partial charge < -0.3 is 10.2 Å². The lowest BCUT2D eigenvalue weighted by molar-refractivity contribution is -0.137. The van der Waals surface area contributed by atoms with Gasteiger partial charge in [-0.25, -0.2) is 0 Å². The fraction of sp³-hybridized carbons (Fsp3) is 0.333. The lowest BCUT2D eigenvalue weighted by atomic mass is 10.00. The molecule has 0 saturated carbocycles. The number of Topliss-reactive ketones (excluding diaryl/α,β-unsaturated/α-hetero) is 1. The third kappa shape index (κ3) is 6.11. The molecule has 2 amide bonds. The largest absolute Gasteiger partial charge is 0.343 e. The molecule has 0 heterocycles. The zero-order valence-corrected chi connectivity index (χ0v) is 17.8. The molecule has 0 spiro atoms. The van der Waals surface area contributed by atoms with Crippen molar-refractivity contribution in [3.05, 3.63) is 71.3 Å². The van der Waals surface area contributed by atoms with Gasteiger partial charge in [0.05, 0.1) is 12.6 Å². The Labute approximate surface area is 177 Å². The Morgan fingerprint density at radius 3 is 1.93 bits per heavy atom. The summed E-state index contributed by atoms with van der Waals surface area (Å²) in [5, 5.41) is 2.58. The van der Waals surface area contributed by atoms with Crippen LogP contribution in [0.15, 0.2) is 54.6 Å². The monoisotopic (exact) mass is 408 g/mol. The SMILES string of the molecule is CC(=O)C(CC(C)C)N(C)C(=O)CNC(=O)c1ccc(C(=O)c2ccccc2)cc1. The minimum absolute atomic E-state index is 0.0791. The maximum absolute atomic E-state index is 12.4. The number of nitrogens with zero attached hydrogens (tertiary/aromatic N) is 1. The third-order valence-corrected chi connectivity index (χ3v) is 4.87. The highest BCUT2D eigenvalue weighted by atomic mass is 16.2. The minimum Gasteiger partial charge on any atom is -0.343 e. The molecule has 2 rings (SSSR count). The van der Waals surface area contributed by atoms with Crippen molar-refractivity contribution in [1.82, 2.24) is 10.2 Å². The number of benzene rings is 2. The topological polar surface area (TPSA) is 83.6 Å². The fourth-order valence-electron chi connectivity index (χ4n) is 3.13. The van der Waals surface area contributed by atoms with Crippen molar-refractivity contribution in [2.45, 2.75) is 33.2 Å². The second kappa shape index (κ2) is 10.5. The van der Waals surface area contributed by atoms with Gasteiger partial charge in [0.1, 0.15) is 0 Å². The van der Waals surface area contributed by atoms with E-state index < -0.39 is 11.9 Å². The highest BCUT2D eigenvalue weighted by molar-refractivity contribution is 6.09. The first-order valence-corrected chi connectivity index (χ1v) is 9.94. The van der Waals surface area contributed by atoms with Crippen LogP contribution in [0.25, 0.3) is 0 Å². The lowest BCUT2D eigenvalue weighted by Gasteiger charge is -2.27. The van der Waals surface area contributed by atoms with Crippen LogP contribution in [0, 0.1) is 5.92 Å². The van der Waals surface area contributed by atoms with E-state index in [2.05, 4.69) is 5.32 Å². The highest BCUT2D eigenvalue weighted by Crippen LogP contribution is 2.13. The van der Waals surface area contributed by atoms with E-state index in [4.69, 9.17) is 0 Å². The first-order valence-electron chi connectivity index (χ1n) is 9.94. The lowest BCUT2D eigenvalue weighted by Crippen LogP contribution is -2.46. The van der Waals surface area contributed by atoms with Crippen LogP contribution in [0.4, 0.5) is 0 Å². The van der Waals surface area contributed by atoms with Crippen LogP contribution in [-0.2, 0) is 9.59 Å². The summed E-state index contributed by atoms with van der Waals surface area (Å²) in [5.41, 5.74) is 1.40. The summed E-state index contributed by atoms with van der Waals surface area (Å²) < 4.78 is 0. The van der Waals surface area contributed by atoms with E-state index in [9.17, 15) is 19.2 Å². The number of likely N-dealkylation sites (N-methyl/N-ethyl adjacent to an activating group) is 1. The minimum atomic E-state index is -0.502. The molecule has 0 aliphatic rings. The van der Waals surface area contributed by atoms with Crippen LogP contribution >= 0.6 is 0 Å². The maximum Gasteiger partial charge on any atom is 0.251 e. The maximum atomic E-state index is 12.4. The van der Waals surface area contributed by atoms with Crippen molar-refractivity contribution < 1.29 is 19.2 Å². The zero-order chi connectivity index (χ0) is 22.3. The number of carbonyl (C=O) groups excluding carboxylic acids is 4. The summed E-state index contributed by atoms with van der Waals surface area (Å²) in [5.74, 6) is -0.691. The van der Waals surface area contributed by atoms with Gasteiger partial charge >= 0.3 is 0 Å². The second-order valence-electron chi connectivity index (χ2n) is 7.72. The van der Waals surface area contributed by atoms with Crippen LogP contribution in [0.5, 0.6) is 0 Å². The standard InChI is InChI=1S/C24H28N2O4/c1-16(2)14-21(17(3)27)26(4)22(28)15-25-24(30)20-12-10-19(11-13-20)23(29)18-8-6-5-7-9-18/h5-13,16,21H,14-15H2,1-4H3,(H,25,30). The van der Waals surface area contributed by atoms with E-state index in [1.807, 2.05) is 19.9 Å². The number of ketones is 2.